The van der Waals surface area contributed by atoms with Gasteiger partial charge in [0.25, 0.3) is 0 Å². The number of hydrogen-bond donors (Lipinski definition) is 0. The fourth-order valence-corrected chi connectivity index (χ4v) is 4.60. The van der Waals surface area contributed by atoms with Gasteiger partial charge in [-0.05, 0) is 81.3 Å². The van der Waals surface area contributed by atoms with Crippen molar-refractivity contribution >= 4 is 21.5 Å². The predicted molar refractivity (Wildman–Crippen MR) is 111 cm³/mol. The smallest absolute Gasteiger partial charge is 0.00614 e. The standard InChI is InChI=1S/C26H22/c1-3-7-21-17(5-1)13-15-23(19-9-10-19)25(21)26-22-8-4-2-6-18(22)14-16-24(26)20-11-12-20/h1-8,13-16,19-20H,9-12H2. The highest BCUT2D eigenvalue weighted by atomic mass is 14.4. The van der Waals surface area contributed by atoms with Crippen LogP contribution in [0.25, 0.3) is 32.7 Å². The highest BCUT2D eigenvalue weighted by Crippen LogP contribution is 2.52. The Kier molecular flexibility index (Phi) is 3.05. The molecule has 0 atom stereocenters. The van der Waals surface area contributed by atoms with Gasteiger partial charge in [0.15, 0.2) is 0 Å². The van der Waals surface area contributed by atoms with Crippen LogP contribution in [0.5, 0.6) is 0 Å². The van der Waals surface area contributed by atoms with Crippen LogP contribution in [0, 0.1) is 0 Å². The van der Waals surface area contributed by atoms with Gasteiger partial charge in [-0.2, -0.15) is 0 Å². The summed E-state index contributed by atoms with van der Waals surface area (Å²) < 4.78 is 0. The van der Waals surface area contributed by atoms with E-state index < -0.39 is 0 Å². The molecule has 0 aliphatic heterocycles. The third kappa shape index (κ3) is 2.22. The molecule has 0 amide bonds. The lowest BCUT2D eigenvalue weighted by molar-refractivity contribution is 1.12. The van der Waals surface area contributed by atoms with E-state index in [0.29, 0.717) is 0 Å². The predicted octanol–water partition coefficient (Wildman–Crippen LogP) is 7.41. The molecule has 0 N–H and O–H groups in total. The summed E-state index contributed by atoms with van der Waals surface area (Å²) in [6.07, 6.45) is 5.37. The lowest BCUT2D eigenvalue weighted by atomic mass is 9.84. The van der Waals surface area contributed by atoms with E-state index in [4.69, 9.17) is 0 Å². The number of rotatable bonds is 3. The molecule has 0 radical (unpaired) electrons. The molecule has 2 saturated carbocycles. The van der Waals surface area contributed by atoms with Crippen LogP contribution in [0.4, 0.5) is 0 Å². The van der Waals surface area contributed by atoms with Crippen molar-refractivity contribution in [2.45, 2.75) is 37.5 Å². The zero-order valence-corrected chi connectivity index (χ0v) is 14.9. The maximum absolute atomic E-state index is 2.41. The van der Waals surface area contributed by atoms with E-state index in [1.807, 2.05) is 0 Å². The Morgan fingerprint density at radius 1 is 0.462 bits per heavy atom. The van der Waals surface area contributed by atoms with Gasteiger partial charge < -0.3 is 0 Å². The topological polar surface area (TPSA) is 0 Å². The molecular weight excluding hydrogens is 312 g/mol. The molecule has 126 valence electrons. The molecule has 4 aromatic rings. The molecule has 2 aliphatic rings. The molecule has 26 heavy (non-hydrogen) atoms. The first-order chi connectivity index (χ1) is 12.9. The second-order valence-corrected chi connectivity index (χ2v) is 8.05. The Morgan fingerprint density at radius 3 is 1.31 bits per heavy atom. The van der Waals surface area contributed by atoms with Crippen molar-refractivity contribution in [3.05, 3.63) is 83.9 Å². The Bertz CT molecular complexity index is 1050. The first kappa shape index (κ1) is 14.6. The van der Waals surface area contributed by atoms with Gasteiger partial charge >= 0.3 is 0 Å². The van der Waals surface area contributed by atoms with Crippen molar-refractivity contribution in [1.29, 1.82) is 0 Å². The van der Waals surface area contributed by atoms with Crippen LogP contribution >= 0.6 is 0 Å². The van der Waals surface area contributed by atoms with E-state index in [9.17, 15) is 0 Å². The average Bonchev–Trinajstić information content (AvgIpc) is 3.59. The average molecular weight is 334 g/mol. The summed E-state index contributed by atoms with van der Waals surface area (Å²) in [4.78, 5) is 0. The summed E-state index contributed by atoms with van der Waals surface area (Å²) in [7, 11) is 0. The van der Waals surface area contributed by atoms with Crippen LogP contribution in [-0.2, 0) is 0 Å². The first-order valence-electron chi connectivity index (χ1n) is 9.94. The van der Waals surface area contributed by atoms with Gasteiger partial charge in [0.1, 0.15) is 0 Å². The van der Waals surface area contributed by atoms with Crippen molar-refractivity contribution in [2.24, 2.45) is 0 Å². The lowest BCUT2D eigenvalue weighted by Crippen LogP contribution is -1.95. The third-order valence-corrected chi connectivity index (χ3v) is 6.21. The van der Waals surface area contributed by atoms with Crippen molar-refractivity contribution in [3.8, 4) is 11.1 Å². The van der Waals surface area contributed by atoms with Gasteiger partial charge in [-0.1, -0.05) is 72.8 Å². The molecule has 0 spiro atoms. The molecule has 0 nitrogen and oxygen atoms in total. The van der Waals surface area contributed by atoms with E-state index in [2.05, 4.69) is 72.8 Å². The Balaban J connectivity index is 1.79. The summed E-state index contributed by atoms with van der Waals surface area (Å²) in [6.45, 7) is 0. The zero-order valence-electron chi connectivity index (χ0n) is 14.9. The van der Waals surface area contributed by atoms with Gasteiger partial charge in [-0.3, -0.25) is 0 Å². The van der Waals surface area contributed by atoms with Crippen LogP contribution in [0.2, 0.25) is 0 Å². The fourth-order valence-electron chi connectivity index (χ4n) is 4.60. The van der Waals surface area contributed by atoms with Crippen LogP contribution in [0.15, 0.2) is 72.8 Å². The van der Waals surface area contributed by atoms with Gasteiger partial charge in [-0.25, -0.2) is 0 Å². The Morgan fingerprint density at radius 2 is 0.885 bits per heavy atom. The molecule has 0 bridgehead atoms. The monoisotopic (exact) mass is 334 g/mol. The van der Waals surface area contributed by atoms with Crippen molar-refractivity contribution in [2.75, 3.05) is 0 Å². The van der Waals surface area contributed by atoms with E-state index in [1.165, 1.54) is 58.4 Å². The lowest BCUT2D eigenvalue weighted by Gasteiger charge is -2.19. The first-order valence-corrected chi connectivity index (χ1v) is 9.94. The van der Waals surface area contributed by atoms with Crippen molar-refractivity contribution in [1.82, 2.24) is 0 Å². The largest absolute Gasteiger partial charge is 0.0616 e. The van der Waals surface area contributed by atoms with Gasteiger partial charge in [-0.15, -0.1) is 0 Å². The van der Waals surface area contributed by atoms with E-state index in [0.717, 1.165) is 11.8 Å². The maximum atomic E-state index is 2.41. The number of fused-ring (bicyclic) bond motifs is 2. The Labute approximate surface area is 154 Å². The number of benzene rings is 4. The summed E-state index contributed by atoms with van der Waals surface area (Å²) in [5.74, 6) is 1.50. The van der Waals surface area contributed by atoms with Crippen molar-refractivity contribution in [3.63, 3.8) is 0 Å². The quantitative estimate of drug-likeness (QED) is 0.366. The minimum Gasteiger partial charge on any atom is -0.0616 e. The minimum atomic E-state index is 0.751. The summed E-state index contributed by atoms with van der Waals surface area (Å²) in [5.41, 5.74) is 6.18. The molecule has 0 unspecified atom stereocenters. The molecule has 0 heterocycles. The van der Waals surface area contributed by atoms with Crippen LogP contribution in [0.1, 0.15) is 48.6 Å². The molecule has 4 aromatic carbocycles. The molecule has 2 fully saturated rings. The highest BCUT2D eigenvalue weighted by molar-refractivity contribution is 6.08. The second-order valence-electron chi connectivity index (χ2n) is 8.05. The molecular formula is C26H22. The van der Waals surface area contributed by atoms with Crippen LogP contribution < -0.4 is 0 Å². The molecule has 6 rings (SSSR count). The van der Waals surface area contributed by atoms with E-state index in [-0.39, 0.29) is 0 Å². The van der Waals surface area contributed by atoms with Gasteiger partial charge in [0.05, 0.1) is 0 Å². The Hall–Kier alpha value is -2.60. The van der Waals surface area contributed by atoms with Crippen LogP contribution in [-0.4, -0.2) is 0 Å². The zero-order chi connectivity index (χ0) is 17.1. The maximum Gasteiger partial charge on any atom is -0.00614 e. The highest BCUT2D eigenvalue weighted by Gasteiger charge is 2.32. The van der Waals surface area contributed by atoms with Crippen LogP contribution in [0.3, 0.4) is 0 Å². The summed E-state index contributed by atoms with van der Waals surface area (Å²) in [6, 6.07) is 27.4. The molecule has 0 heteroatoms. The van der Waals surface area contributed by atoms with Gasteiger partial charge in [0.2, 0.25) is 0 Å². The summed E-state index contributed by atoms with van der Waals surface area (Å²) >= 11 is 0. The molecule has 0 aromatic heterocycles. The summed E-state index contributed by atoms with van der Waals surface area (Å²) in [5, 5.41) is 5.58. The second kappa shape index (κ2) is 5.45. The van der Waals surface area contributed by atoms with E-state index in [1.54, 1.807) is 11.1 Å². The molecule has 0 saturated heterocycles. The number of hydrogen-bond acceptors (Lipinski definition) is 0. The molecule has 2 aliphatic carbocycles. The third-order valence-electron chi connectivity index (χ3n) is 6.21. The SMILES string of the molecule is c1ccc2c(-c3c(C4CC4)ccc4ccccc34)c(C3CC3)ccc2c1. The minimum absolute atomic E-state index is 0.751. The fraction of sp³-hybridized carbons (Fsp3) is 0.231. The van der Waals surface area contributed by atoms with E-state index >= 15 is 0 Å². The van der Waals surface area contributed by atoms with Crippen molar-refractivity contribution < 1.29 is 0 Å². The van der Waals surface area contributed by atoms with Gasteiger partial charge in [0, 0.05) is 0 Å². The normalized spacial score (nSPS) is 17.1.